The van der Waals surface area contributed by atoms with Crippen molar-refractivity contribution in [3.63, 3.8) is 0 Å². The number of nitrogens with one attached hydrogen (secondary N) is 1. The smallest absolute Gasteiger partial charge is 0.321 e. The second-order valence-corrected chi connectivity index (χ2v) is 4.58. The molecule has 0 aliphatic carbocycles. The molecule has 2 aromatic rings. The fourth-order valence-electron chi connectivity index (χ4n) is 2.14. The van der Waals surface area contributed by atoms with Gasteiger partial charge in [-0.3, -0.25) is 4.79 Å². The van der Waals surface area contributed by atoms with Crippen LogP contribution in [-0.2, 0) is 0 Å². The molecule has 0 fully saturated rings. The molecule has 0 spiro atoms. The number of nitrogens with zero attached hydrogens (tertiary/aromatic N) is 2. The van der Waals surface area contributed by atoms with Crippen LogP contribution in [0.25, 0.3) is 0 Å². The highest BCUT2D eigenvalue weighted by Gasteiger charge is 2.15. The fraction of sp³-hybridized carbons (Fsp3) is 0.250. The van der Waals surface area contributed by atoms with Gasteiger partial charge in [-0.05, 0) is 44.2 Å². The van der Waals surface area contributed by atoms with Crippen molar-refractivity contribution in [3.05, 3.63) is 59.6 Å². The quantitative estimate of drug-likeness (QED) is 0.678. The third-order valence-electron chi connectivity index (χ3n) is 3.31. The number of carbonyl (C=O) groups is 1. The van der Waals surface area contributed by atoms with Crippen LogP contribution in [0.1, 0.15) is 24.3 Å². The molecule has 1 aromatic heterocycles. The van der Waals surface area contributed by atoms with Gasteiger partial charge in [-0.15, -0.1) is 0 Å². The number of anilines is 2. The van der Waals surface area contributed by atoms with E-state index in [0.717, 1.165) is 18.8 Å². The van der Waals surface area contributed by atoms with Gasteiger partial charge in [-0.2, -0.15) is 4.73 Å². The van der Waals surface area contributed by atoms with Crippen molar-refractivity contribution < 1.29 is 9.52 Å². The maximum atomic E-state index is 12.0. The molecule has 0 unspecified atom stereocenters. The first-order valence-corrected chi connectivity index (χ1v) is 7.00. The van der Waals surface area contributed by atoms with Crippen molar-refractivity contribution in [2.45, 2.75) is 13.8 Å². The molecule has 0 aliphatic rings. The number of hydrogen-bond acceptors (Lipinski definition) is 3. The van der Waals surface area contributed by atoms with E-state index in [1.165, 1.54) is 12.3 Å². The molecule has 2 rings (SSSR count). The normalized spacial score (nSPS) is 10.2. The second kappa shape index (κ2) is 6.74. The first-order chi connectivity index (χ1) is 10.2. The highest BCUT2D eigenvalue weighted by atomic mass is 16.5. The van der Waals surface area contributed by atoms with Crippen LogP contribution in [0.5, 0.6) is 0 Å². The molecule has 5 heteroatoms. The monoisotopic (exact) mass is 285 g/mol. The molecule has 1 amide bonds. The van der Waals surface area contributed by atoms with Crippen molar-refractivity contribution in [1.82, 2.24) is 0 Å². The Balaban J connectivity index is 2.10. The lowest BCUT2D eigenvalue weighted by atomic mass is 10.2. The van der Waals surface area contributed by atoms with E-state index >= 15 is 0 Å². The minimum absolute atomic E-state index is 0.0744. The molecular weight excluding hydrogens is 266 g/mol. The number of carbonyl (C=O) groups excluding carboxylic acids is 1. The van der Waals surface area contributed by atoms with Crippen LogP contribution in [0.15, 0.2) is 48.7 Å². The topological polar surface area (TPSA) is 59.3 Å². The van der Waals surface area contributed by atoms with E-state index in [9.17, 15) is 10.0 Å². The Bertz CT molecular complexity index is 607. The predicted octanol–water partition coefficient (Wildman–Crippen LogP) is 2.42. The summed E-state index contributed by atoms with van der Waals surface area (Å²) in [5.74, 6) is -0.416. The molecule has 5 nitrogen and oxygen atoms in total. The summed E-state index contributed by atoms with van der Waals surface area (Å²) in [5, 5.41) is 14.2. The summed E-state index contributed by atoms with van der Waals surface area (Å²) in [4.78, 5) is 14.2. The SMILES string of the molecule is CCN(CC)c1ccc(NC(=O)c2cccc[n+]2[O-])cc1. The summed E-state index contributed by atoms with van der Waals surface area (Å²) in [7, 11) is 0. The summed E-state index contributed by atoms with van der Waals surface area (Å²) >= 11 is 0. The number of benzene rings is 1. The molecular formula is C16H19N3O2. The highest BCUT2D eigenvalue weighted by Crippen LogP contribution is 2.18. The molecule has 1 heterocycles. The van der Waals surface area contributed by atoms with Crippen LogP contribution in [0, 0.1) is 5.21 Å². The van der Waals surface area contributed by atoms with Crippen molar-refractivity contribution in [3.8, 4) is 0 Å². The predicted molar refractivity (Wildman–Crippen MR) is 83.4 cm³/mol. The number of aromatic nitrogens is 1. The van der Waals surface area contributed by atoms with Crippen LogP contribution in [0.3, 0.4) is 0 Å². The van der Waals surface area contributed by atoms with Gasteiger partial charge >= 0.3 is 5.91 Å². The fourth-order valence-corrected chi connectivity index (χ4v) is 2.14. The van der Waals surface area contributed by atoms with E-state index in [2.05, 4.69) is 24.1 Å². The molecule has 110 valence electrons. The van der Waals surface area contributed by atoms with Gasteiger partial charge in [0.2, 0.25) is 0 Å². The van der Waals surface area contributed by atoms with Gasteiger partial charge in [-0.1, -0.05) is 0 Å². The number of rotatable bonds is 5. The van der Waals surface area contributed by atoms with Crippen LogP contribution >= 0.6 is 0 Å². The Labute approximate surface area is 124 Å². The van der Waals surface area contributed by atoms with Crippen molar-refractivity contribution >= 4 is 17.3 Å². The van der Waals surface area contributed by atoms with Gasteiger partial charge in [0.25, 0.3) is 5.69 Å². The van der Waals surface area contributed by atoms with Crippen LogP contribution < -0.4 is 14.9 Å². The summed E-state index contributed by atoms with van der Waals surface area (Å²) < 4.78 is 0.555. The van der Waals surface area contributed by atoms with Gasteiger partial charge < -0.3 is 15.4 Å². The summed E-state index contributed by atoms with van der Waals surface area (Å²) in [6, 6.07) is 12.3. The number of hydrogen-bond donors (Lipinski definition) is 1. The largest absolute Gasteiger partial charge is 0.618 e. The Morgan fingerprint density at radius 3 is 2.38 bits per heavy atom. The summed E-state index contributed by atoms with van der Waals surface area (Å²) in [6.45, 7) is 6.06. The zero-order valence-electron chi connectivity index (χ0n) is 12.2. The third-order valence-corrected chi connectivity index (χ3v) is 3.31. The first-order valence-electron chi connectivity index (χ1n) is 7.00. The molecule has 0 atom stereocenters. The standard InChI is InChI=1S/C16H19N3O2/c1-3-18(4-2)14-10-8-13(9-11-14)17-16(20)15-7-5-6-12-19(15)21/h5-12H,3-4H2,1-2H3,(H,17,20). The molecule has 0 saturated heterocycles. The highest BCUT2D eigenvalue weighted by molar-refractivity contribution is 6.01. The molecule has 1 aromatic carbocycles. The van der Waals surface area contributed by atoms with Gasteiger partial charge in [0.05, 0.1) is 0 Å². The number of amides is 1. The van der Waals surface area contributed by atoms with Crippen LogP contribution in [-0.4, -0.2) is 19.0 Å². The van der Waals surface area contributed by atoms with E-state index in [-0.39, 0.29) is 5.69 Å². The Hall–Kier alpha value is -2.56. The molecule has 0 aliphatic heterocycles. The van der Waals surface area contributed by atoms with E-state index < -0.39 is 5.91 Å². The lowest BCUT2D eigenvalue weighted by molar-refractivity contribution is -0.607. The first kappa shape index (κ1) is 14.8. The van der Waals surface area contributed by atoms with Crippen LogP contribution in [0.2, 0.25) is 0 Å². The van der Waals surface area contributed by atoms with Gasteiger partial charge in [0, 0.05) is 36.6 Å². The van der Waals surface area contributed by atoms with E-state index in [4.69, 9.17) is 0 Å². The van der Waals surface area contributed by atoms with E-state index in [0.29, 0.717) is 10.4 Å². The molecule has 0 saturated carbocycles. The third kappa shape index (κ3) is 3.51. The lowest BCUT2D eigenvalue weighted by Gasteiger charge is -2.21. The second-order valence-electron chi connectivity index (χ2n) is 4.58. The summed E-state index contributed by atoms with van der Waals surface area (Å²) in [5.41, 5.74) is 1.85. The van der Waals surface area contributed by atoms with Crippen molar-refractivity contribution in [1.29, 1.82) is 0 Å². The van der Waals surface area contributed by atoms with Gasteiger partial charge in [0.1, 0.15) is 0 Å². The summed E-state index contributed by atoms with van der Waals surface area (Å²) in [6.07, 6.45) is 1.30. The maximum absolute atomic E-state index is 12.0. The Morgan fingerprint density at radius 1 is 1.14 bits per heavy atom. The molecule has 0 bridgehead atoms. The van der Waals surface area contributed by atoms with E-state index in [1.807, 2.05) is 24.3 Å². The average molecular weight is 285 g/mol. The minimum Gasteiger partial charge on any atom is -0.618 e. The molecule has 0 radical (unpaired) electrons. The lowest BCUT2D eigenvalue weighted by Crippen LogP contribution is -2.36. The molecule has 21 heavy (non-hydrogen) atoms. The van der Waals surface area contributed by atoms with Crippen LogP contribution in [0.4, 0.5) is 11.4 Å². The van der Waals surface area contributed by atoms with Crippen molar-refractivity contribution in [2.75, 3.05) is 23.3 Å². The maximum Gasteiger partial charge on any atom is 0.321 e. The Kier molecular flexibility index (Phi) is 4.77. The Morgan fingerprint density at radius 2 is 1.81 bits per heavy atom. The minimum atomic E-state index is -0.416. The van der Waals surface area contributed by atoms with E-state index in [1.54, 1.807) is 12.1 Å². The van der Waals surface area contributed by atoms with Crippen molar-refractivity contribution in [2.24, 2.45) is 0 Å². The molecule has 1 N–H and O–H groups in total. The number of pyridine rings is 1. The zero-order valence-corrected chi connectivity index (χ0v) is 12.2. The zero-order chi connectivity index (χ0) is 15.2. The van der Waals surface area contributed by atoms with Gasteiger partial charge in [-0.25, -0.2) is 0 Å². The van der Waals surface area contributed by atoms with Gasteiger partial charge in [0.15, 0.2) is 6.20 Å². The average Bonchev–Trinajstić information content (AvgIpc) is 2.50.